The minimum Gasteiger partial charge on any atom is -0.489 e. The van der Waals surface area contributed by atoms with Gasteiger partial charge in [-0.2, -0.15) is 0 Å². The van der Waals surface area contributed by atoms with Crippen LogP contribution in [-0.4, -0.2) is 92.6 Å². The van der Waals surface area contributed by atoms with Gasteiger partial charge in [-0.15, -0.1) is 0 Å². The number of likely N-dealkylation sites (tertiary alicyclic amines) is 1. The fourth-order valence-electron chi connectivity index (χ4n) is 7.03. The molecule has 0 radical (unpaired) electrons. The zero-order valence-corrected chi connectivity index (χ0v) is 29.0. The van der Waals surface area contributed by atoms with Gasteiger partial charge in [0.1, 0.15) is 24.0 Å². The molecule has 7 rings (SSSR count). The van der Waals surface area contributed by atoms with Gasteiger partial charge in [-0.1, -0.05) is 42.5 Å². The van der Waals surface area contributed by atoms with Crippen LogP contribution in [0.1, 0.15) is 65.0 Å². The zero-order chi connectivity index (χ0) is 34.9. The van der Waals surface area contributed by atoms with Gasteiger partial charge in [0.2, 0.25) is 0 Å². The highest BCUT2D eigenvalue weighted by Gasteiger charge is 2.49. The van der Waals surface area contributed by atoms with Gasteiger partial charge in [0, 0.05) is 43.9 Å². The highest BCUT2D eigenvalue weighted by molar-refractivity contribution is 5.95. The van der Waals surface area contributed by atoms with Crippen LogP contribution in [0.4, 0.5) is 4.79 Å². The van der Waals surface area contributed by atoms with Crippen molar-refractivity contribution in [2.45, 2.75) is 57.6 Å². The third-order valence-corrected chi connectivity index (χ3v) is 9.82. The molecule has 0 aromatic heterocycles. The molecule has 0 aliphatic carbocycles. The van der Waals surface area contributed by atoms with Gasteiger partial charge in [0.05, 0.1) is 13.1 Å². The molecule has 3 amide bonds. The molecular weight excluding hydrogens is 636 g/mol. The van der Waals surface area contributed by atoms with Crippen LogP contribution in [-0.2, 0) is 26.4 Å². The maximum Gasteiger partial charge on any atom is 0.408 e. The molecule has 2 N–H and O–H groups in total. The number of piperidine rings is 3. The second-order valence-electron chi connectivity index (χ2n) is 13.2. The van der Waals surface area contributed by atoms with Crippen LogP contribution in [0.3, 0.4) is 0 Å². The lowest BCUT2D eigenvalue weighted by molar-refractivity contribution is -0.138. The molecular formula is C39H48N4O7. The lowest BCUT2D eigenvalue weighted by Gasteiger charge is -2.51. The third-order valence-electron chi connectivity index (χ3n) is 9.82. The molecule has 4 aliphatic rings. The maximum absolute atomic E-state index is 13.5. The minimum atomic E-state index is -0.711. The molecule has 0 saturated carbocycles. The first-order valence-electron chi connectivity index (χ1n) is 17.7. The number of ether oxygens (including phenoxy) is 4. The second kappa shape index (κ2) is 16.5. The number of carbonyl (C=O) groups is 3. The Balaban J connectivity index is 0.978. The summed E-state index contributed by atoms with van der Waals surface area (Å²) in [7, 11) is 0. The first-order chi connectivity index (χ1) is 24.4. The van der Waals surface area contributed by atoms with E-state index in [9.17, 15) is 14.4 Å². The summed E-state index contributed by atoms with van der Waals surface area (Å²) in [4.78, 5) is 43.3. The Morgan fingerprint density at radius 1 is 0.860 bits per heavy atom. The van der Waals surface area contributed by atoms with Crippen molar-refractivity contribution in [1.29, 1.82) is 0 Å². The van der Waals surface area contributed by atoms with Gasteiger partial charge in [-0.25, -0.2) is 4.79 Å². The molecule has 0 spiro atoms. The number of nitrogens with zero attached hydrogens (tertiary/aromatic N) is 2. The van der Waals surface area contributed by atoms with Gasteiger partial charge in [0.25, 0.3) is 11.8 Å². The minimum absolute atomic E-state index is 0.0918. The lowest BCUT2D eigenvalue weighted by Crippen LogP contribution is -2.69. The van der Waals surface area contributed by atoms with Crippen molar-refractivity contribution in [3.63, 3.8) is 0 Å². The van der Waals surface area contributed by atoms with E-state index in [0.29, 0.717) is 68.7 Å². The molecule has 2 bridgehead atoms. The van der Waals surface area contributed by atoms with E-state index in [-0.39, 0.29) is 24.2 Å². The summed E-state index contributed by atoms with van der Waals surface area (Å²) in [6.45, 7) is 9.32. The summed E-state index contributed by atoms with van der Waals surface area (Å²) < 4.78 is 22.9. The first kappa shape index (κ1) is 35.4. The van der Waals surface area contributed by atoms with E-state index in [1.165, 1.54) is 0 Å². The van der Waals surface area contributed by atoms with E-state index in [1.807, 2.05) is 56.3 Å². The van der Waals surface area contributed by atoms with Crippen LogP contribution in [0.25, 0.3) is 0 Å². The predicted molar refractivity (Wildman–Crippen MR) is 188 cm³/mol. The number of fused-ring (bicyclic) bond motifs is 3. The largest absolute Gasteiger partial charge is 0.489 e. The average Bonchev–Trinajstić information content (AvgIpc) is 3.13. The predicted octanol–water partition coefficient (Wildman–Crippen LogP) is 4.96. The van der Waals surface area contributed by atoms with E-state index in [1.54, 1.807) is 41.3 Å². The second-order valence-corrected chi connectivity index (χ2v) is 13.2. The Bertz CT molecular complexity index is 1560. The van der Waals surface area contributed by atoms with Gasteiger partial charge in [-0.3, -0.25) is 14.5 Å². The van der Waals surface area contributed by atoms with E-state index in [2.05, 4.69) is 15.5 Å². The molecule has 4 aliphatic heterocycles. The first-order valence-corrected chi connectivity index (χ1v) is 17.7. The van der Waals surface area contributed by atoms with Gasteiger partial charge in [0.15, 0.2) is 6.29 Å². The average molecular weight is 685 g/mol. The lowest BCUT2D eigenvalue weighted by atomic mass is 9.82. The van der Waals surface area contributed by atoms with Crippen molar-refractivity contribution in [3.05, 3.63) is 101 Å². The number of hydrogen-bond acceptors (Lipinski definition) is 8. The molecule has 3 aromatic carbocycles. The summed E-state index contributed by atoms with van der Waals surface area (Å²) in [5, 5.41) is 6.04. The monoisotopic (exact) mass is 684 g/mol. The third kappa shape index (κ3) is 8.64. The van der Waals surface area contributed by atoms with E-state index in [4.69, 9.17) is 18.9 Å². The molecule has 0 unspecified atom stereocenters. The topological polar surface area (TPSA) is 119 Å². The molecule has 50 heavy (non-hydrogen) atoms. The summed E-state index contributed by atoms with van der Waals surface area (Å²) in [5.41, 5.74) is 2.24. The summed E-state index contributed by atoms with van der Waals surface area (Å²) in [6, 6.07) is 24.1. The number of alkyl carbamates (subject to hydrolysis) is 1. The zero-order valence-electron chi connectivity index (χ0n) is 29.0. The van der Waals surface area contributed by atoms with Crippen LogP contribution in [0.5, 0.6) is 5.75 Å². The Labute approximate surface area is 294 Å². The van der Waals surface area contributed by atoms with Gasteiger partial charge < -0.3 is 34.5 Å². The number of nitrogens with one attached hydrogen (secondary N) is 2. The molecule has 266 valence electrons. The summed E-state index contributed by atoms with van der Waals surface area (Å²) in [6.07, 6.45) is 1.85. The van der Waals surface area contributed by atoms with Crippen LogP contribution < -0.4 is 15.4 Å². The van der Waals surface area contributed by atoms with Crippen LogP contribution in [0.15, 0.2) is 78.9 Å². The highest BCUT2D eigenvalue weighted by atomic mass is 16.7. The Morgan fingerprint density at radius 3 is 2.14 bits per heavy atom. The van der Waals surface area contributed by atoms with Gasteiger partial charge in [-0.05, 0) is 93.2 Å². The quantitative estimate of drug-likeness (QED) is 0.216. The number of carbonyl (C=O) groups excluding carboxylic acids is 3. The Kier molecular flexibility index (Phi) is 11.7. The number of rotatable bonds is 15. The Hall–Kier alpha value is -4.45. The maximum atomic E-state index is 13.5. The van der Waals surface area contributed by atoms with Crippen LogP contribution >= 0.6 is 0 Å². The molecule has 3 aromatic rings. The van der Waals surface area contributed by atoms with Crippen molar-refractivity contribution in [1.82, 2.24) is 20.4 Å². The van der Waals surface area contributed by atoms with Crippen LogP contribution in [0, 0.1) is 5.92 Å². The molecule has 4 heterocycles. The summed E-state index contributed by atoms with van der Waals surface area (Å²) >= 11 is 0. The number of amides is 3. The summed E-state index contributed by atoms with van der Waals surface area (Å²) in [5.74, 6) is 0.768. The van der Waals surface area contributed by atoms with Crippen molar-refractivity contribution in [3.8, 4) is 5.75 Å². The number of benzene rings is 3. The normalized spacial score (nSPS) is 20.5. The molecule has 1 atom stereocenters. The Morgan fingerprint density at radius 2 is 1.52 bits per heavy atom. The van der Waals surface area contributed by atoms with Crippen molar-refractivity contribution in [2.75, 3.05) is 52.5 Å². The van der Waals surface area contributed by atoms with E-state index >= 15 is 0 Å². The van der Waals surface area contributed by atoms with Gasteiger partial charge >= 0.3 is 6.09 Å². The molecule has 11 nitrogen and oxygen atoms in total. The van der Waals surface area contributed by atoms with Crippen molar-refractivity contribution < 1.29 is 33.3 Å². The van der Waals surface area contributed by atoms with E-state index < -0.39 is 11.6 Å². The van der Waals surface area contributed by atoms with Crippen LogP contribution in [0.2, 0.25) is 0 Å². The molecule has 4 saturated heterocycles. The van der Waals surface area contributed by atoms with Crippen molar-refractivity contribution in [2.24, 2.45) is 5.92 Å². The SMILES string of the molecule is CCOC(CCNC(=O)c1ccc(COc2ccc(C(=O)N3CC(NC(=O)O[C@H]4CN5CCC4CC5)(c4ccccc4)C3)cc2)cc1)OCC. The fraction of sp³-hybridized carbons (Fsp3) is 0.462. The molecule has 11 heteroatoms. The smallest absolute Gasteiger partial charge is 0.408 e. The van der Waals surface area contributed by atoms with E-state index in [0.717, 1.165) is 43.6 Å². The standard InChI is InChI=1S/C39H48N4O7/c1-3-47-35(48-4-2)18-21-40-36(44)30-12-10-28(11-13-30)25-49-33-16-14-31(15-17-33)37(45)43-26-39(27-43,32-8-6-5-7-9-32)41-38(46)50-34-24-42-22-19-29(34)20-23-42/h5-17,29,34-35H,3-4,18-27H2,1-2H3,(H,40,44)(H,41,46)/t34-/m0/s1. The fourth-order valence-corrected chi connectivity index (χ4v) is 7.03. The number of hydrogen-bond donors (Lipinski definition) is 2. The highest BCUT2D eigenvalue weighted by Crippen LogP contribution is 2.35. The van der Waals surface area contributed by atoms with Crippen molar-refractivity contribution >= 4 is 17.9 Å². The molecule has 4 fully saturated rings.